The molecular weight excluding hydrogens is 150 g/mol. The minimum Gasteiger partial charge on any atom is -0.316 e. The van der Waals surface area contributed by atoms with E-state index < -0.39 is 0 Å². The van der Waals surface area contributed by atoms with Crippen molar-refractivity contribution in [1.29, 1.82) is 0 Å². The molecule has 2 nitrogen and oxygen atoms in total. The van der Waals surface area contributed by atoms with E-state index in [2.05, 4.69) is 32.3 Å². The molecule has 72 valence electrons. The second-order valence-corrected chi connectivity index (χ2v) is 3.85. The molecule has 0 aliphatic carbocycles. The molecule has 0 bridgehead atoms. The molecule has 0 saturated heterocycles. The van der Waals surface area contributed by atoms with Crippen LogP contribution in [0, 0.1) is 0 Å². The van der Waals surface area contributed by atoms with Gasteiger partial charge in [0.25, 0.3) is 0 Å². The van der Waals surface area contributed by atoms with Gasteiger partial charge in [-0.1, -0.05) is 18.6 Å². The van der Waals surface area contributed by atoms with Crippen molar-refractivity contribution in [2.75, 3.05) is 0 Å². The molecule has 0 heterocycles. The Bertz CT molecular complexity index is 144. The molecular formula is C10H21NO. The normalized spacial score (nSPS) is 15.4. The van der Waals surface area contributed by atoms with E-state index in [4.69, 9.17) is 5.21 Å². The van der Waals surface area contributed by atoms with Crippen LogP contribution in [0.25, 0.3) is 0 Å². The Hall–Kier alpha value is -0.340. The van der Waals surface area contributed by atoms with Crippen LogP contribution < -0.4 is 5.48 Å². The fraction of sp³-hybridized carbons (Fsp3) is 0.800. The van der Waals surface area contributed by atoms with Gasteiger partial charge in [0.05, 0.1) is 0 Å². The highest BCUT2D eigenvalue weighted by Gasteiger charge is 2.18. The summed E-state index contributed by atoms with van der Waals surface area (Å²) in [5.41, 5.74) is 3.59. The van der Waals surface area contributed by atoms with Gasteiger partial charge in [-0.2, -0.15) is 5.48 Å². The fourth-order valence-corrected chi connectivity index (χ4v) is 0.991. The van der Waals surface area contributed by atoms with Gasteiger partial charge in [-0.25, -0.2) is 0 Å². The van der Waals surface area contributed by atoms with Crippen molar-refractivity contribution in [3.63, 3.8) is 0 Å². The lowest BCUT2D eigenvalue weighted by atomic mass is 9.93. The van der Waals surface area contributed by atoms with Crippen molar-refractivity contribution in [2.45, 2.75) is 52.5 Å². The van der Waals surface area contributed by atoms with Crippen LogP contribution in [0.5, 0.6) is 0 Å². The van der Waals surface area contributed by atoms with Crippen LogP contribution >= 0.6 is 0 Å². The minimum atomic E-state index is -0.119. The summed E-state index contributed by atoms with van der Waals surface area (Å²) in [7, 11) is 0. The Labute approximate surface area is 75.6 Å². The molecule has 0 amide bonds. The maximum absolute atomic E-state index is 8.88. The largest absolute Gasteiger partial charge is 0.316 e. The summed E-state index contributed by atoms with van der Waals surface area (Å²) in [6, 6.07) is 0. The van der Waals surface area contributed by atoms with E-state index in [1.54, 1.807) is 0 Å². The third-order valence-electron chi connectivity index (χ3n) is 2.30. The molecule has 0 aromatic heterocycles. The van der Waals surface area contributed by atoms with Gasteiger partial charge in [0, 0.05) is 5.54 Å². The van der Waals surface area contributed by atoms with Crippen LogP contribution in [0.15, 0.2) is 11.6 Å². The van der Waals surface area contributed by atoms with Crippen LogP contribution in [-0.2, 0) is 0 Å². The summed E-state index contributed by atoms with van der Waals surface area (Å²) in [5, 5.41) is 8.88. The molecule has 0 aromatic rings. The lowest BCUT2D eigenvalue weighted by Crippen LogP contribution is -2.39. The maximum Gasteiger partial charge on any atom is 0.0402 e. The Kier molecular flexibility index (Phi) is 5.18. The van der Waals surface area contributed by atoms with Crippen molar-refractivity contribution >= 4 is 0 Å². The molecule has 2 N–H and O–H groups in total. The molecule has 0 radical (unpaired) electrons. The first-order valence-electron chi connectivity index (χ1n) is 4.58. The van der Waals surface area contributed by atoms with E-state index in [0.717, 1.165) is 19.3 Å². The van der Waals surface area contributed by atoms with Crippen LogP contribution in [0.1, 0.15) is 47.0 Å². The topological polar surface area (TPSA) is 32.3 Å². The first-order valence-corrected chi connectivity index (χ1v) is 4.58. The van der Waals surface area contributed by atoms with E-state index in [1.807, 2.05) is 6.92 Å². The SMILES string of the molecule is CCC(C)(CCC=C(C)C)NO. The molecule has 0 saturated carbocycles. The van der Waals surface area contributed by atoms with E-state index in [9.17, 15) is 0 Å². The Morgan fingerprint density at radius 3 is 2.42 bits per heavy atom. The van der Waals surface area contributed by atoms with Gasteiger partial charge < -0.3 is 5.21 Å². The maximum atomic E-state index is 8.88. The molecule has 0 aliphatic rings. The molecule has 0 aliphatic heterocycles. The number of hydroxylamine groups is 1. The van der Waals surface area contributed by atoms with Gasteiger partial charge >= 0.3 is 0 Å². The summed E-state index contributed by atoms with van der Waals surface area (Å²) in [4.78, 5) is 0. The highest BCUT2D eigenvalue weighted by Crippen LogP contribution is 2.16. The second kappa shape index (κ2) is 5.33. The second-order valence-electron chi connectivity index (χ2n) is 3.85. The Balaban J connectivity index is 3.81. The predicted octanol–water partition coefficient (Wildman–Crippen LogP) is 2.88. The van der Waals surface area contributed by atoms with Gasteiger partial charge in [0.1, 0.15) is 0 Å². The van der Waals surface area contributed by atoms with Crippen LogP contribution in [-0.4, -0.2) is 10.7 Å². The summed E-state index contributed by atoms with van der Waals surface area (Å²) < 4.78 is 0. The van der Waals surface area contributed by atoms with Crippen LogP contribution in [0.3, 0.4) is 0 Å². The first-order chi connectivity index (χ1) is 5.54. The average molecular weight is 171 g/mol. The smallest absolute Gasteiger partial charge is 0.0402 e. The van der Waals surface area contributed by atoms with Crippen molar-refractivity contribution in [3.05, 3.63) is 11.6 Å². The summed E-state index contributed by atoms with van der Waals surface area (Å²) in [6.45, 7) is 8.29. The predicted molar refractivity (Wildman–Crippen MR) is 52.3 cm³/mol. The van der Waals surface area contributed by atoms with Gasteiger partial charge in [-0.15, -0.1) is 0 Å². The molecule has 0 rings (SSSR count). The standard InChI is InChI=1S/C10H21NO/c1-5-10(4,11-12)8-6-7-9(2)3/h7,11-12H,5-6,8H2,1-4H3. The summed E-state index contributed by atoms with van der Waals surface area (Å²) in [5.74, 6) is 0. The zero-order valence-corrected chi connectivity index (χ0v) is 8.65. The number of rotatable bonds is 5. The number of hydrogen-bond acceptors (Lipinski definition) is 2. The number of hydrogen-bond donors (Lipinski definition) is 2. The zero-order chi connectivity index (χ0) is 9.61. The van der Waals surface area contributed by atoms with Crippen molar-refractivity contribution in [1.82, 2.24) is 5.48 Å². The van der Waals surface area contributed by atoms with Gasteiger partial charge in [-0.05, 0) is 40.0 Å². The Morgan fingerprint density at radius 2 is 2.08 bits per heavy atom. The lowest BCUT2D eigenvalue weighted by molar-refractivity contribution is 0.0639. The number of allylic oxidation sites excluding steroid dienone is 2. The lowest BCUT2D eigenvalue weighted by Gasteiger charge is -2.25. The quantitative estimate of drug-likeness (QED) is 0.492. The number of nitrogens with one attached hydrogen (secondary N) is 1. The van der Waals surface area contributed by atoms with Gasteiger partial charge in [0.2, 0.25) is 0 Å². The first kappa shape index (κ1) is 11.7. The fourth-order valence-electron chi connectivity index (χ4n) is 0.991. The summed E-state index contributed by atoms with van der Waals surface area (Å²) >= 11 is 0. The molecule has 12 heavy (non-hydrogen) atoms. The van der Waals surface area contributed by atoms with Crippen LogP contribution in [0.4, 0.5) is 0 Å². The van der Waals surface area contributed by atoms with Gasteiger partial charge in [0.15, 0.2) is 0 Å². The third kappa shape index (κ3) is 4.52. The van der Waals surface area contributed by atoms with E-state index in [0.29, 0.717) is 0 Å². The van der Waals surface area contributed by atoms with Crippen LogP contribution in [0.2, 0.25) is 0 Å². The molecule has 0 spiro atoms. The average Bonchev–Trinajstić information content (AvgIpc) is 2.03. The Morgan fingerprint density at radius 1 is 1.50 bits per heavy atom. The molecule has 2 heteroatoms. The molecule has 1 atom stereocenters. The van der Waals surface area contributed by atoms with Crippen molar-refractivity contribution in [2.24, 2.45) is 0 Å². The van der Waals surface area contributed by atoms with E-state index >= 15 is 0 Å². The highest BCUT2D eigenvalue weighted by atomic mass is 16.5. The van der Waals surface area contributed by atoms with E-state index in [1.165, 1.54) is 5.57 Å². The zero-order valence-electron chi connectivity index (χ0n) is 8.65. The van der Waals surface area contributed by atoms with Crippen molar-refractivity contribution in [3.8, 4) is 0 Å². The highest BCUT2D eigenvalue weighted by molar-refractivity contribution is 4.94. The minimum absolute atomic E-state index is 0.119. The molecule has 0 aromatic carbocycles. The monoisotopic (exact) mass is 171 g/mol. The molecule has 0 fully saturated rings. The van der Waals surface area contributed by atoms with E-state index in [-0.39, 0.29) is 5.54 Å². The summed E-state index contributed by atoms with van der Waals surface area (Å²) in [6.07, 6.45) is 5.15. The van der Waals surface area contributed by atoms with Crippen molar-refractivity contribution < 1.29 is 5.21 Å². The third-order valence-corrected chi connectivity index (χ3v) is 2.30. The molecule has 1 unspecified atom stereocenters. The van der Waals surface area contributed by atoms with Gasteiger partial charge in [-0.3, -0.25) is 0 Å².